The van der Waals surface area contributed by atoms with Crippen molar-refractivity contribution in [3.05, 3.63) is 34.9 Å². The summed E-state index contributed by atoms with van der Waals surface area (Å²) in [5.74, 6) is 0.931. The highest BCUT2D eigenvalue weighted by molar-refractivity contribution is 9.10. The van der Waals surface area contributed by atoms with Gasteiger partial charge in [-0.1, -0.05) is 22.0 Å². The first kappa shape index (κ1) is 12.2. The van der Waals surface area contributed by atoms with E-state index in [1.807, 2.05) is 0 Å². The third-order valence-electron chi connectivity index (χ3n) is 3.88. The fraction of sp³-hybridized carbons (Fsp3) is 0.467. The van der Waals surface area contributed by atoms with E-state index in [4.69, 9.17) is 0 Å². The first-order chi connectivity index (χ1) is 8.74. The Morgan fingerprint density at radius 1 is 1.39 bits per heavy atom. The van der Waals surface area contributed by atoms with Gasteiger partial charge < -0.3 is 9.88 Å². The summed E-state index contributed by atoms with van der Waals surface area (Å²) in [5.41, 5.74) is 1.31. The van der Waals surface area contributed by atoms with Crippen LogP contribution in [0.2, 0.25) is 0 Å². The Morgan fingerprint density at radius 3 is 3.00 bits per heavy atom. The van der Waals surface area contributed by atoms with Crippen molar-refractivity contribution >= 4 is 26.8 Å². The summed E-state index contributed by atoms with van der Waals surface area (Å²) in [6.07, 6.45) is 5.00. The molecular weight excluding hydrogens is 288 g/mol. The monoisotopic (exact) mass is 306 g/mol. The second-order valence-corrected chi connectivity index (χ2v) is 6.21. The molecule has 3 heteroatoms. The van der Waals surface area contributed by atoms with E-state index >= 15 is 0 Å². The maximum atomic E-state index is 3.63. The van der Waals surface area contributed by atoms with Crippen LogP contribution >= 0.6 is 15.9 Å². The van der Waals surface area contributed by atoms with Gasteiger partial charge in [0.15, 0.2) is 0 Å². The van der Waals surface area contributed by atoms with Gasteiger partial charge in [0.25, 0.3) is 0 Å². The van der Waals surface area contributed by atoms with E-state index in [0.29, 0.717) is 6.04 Å². The van der Waals surface area contributed by atoms with Crippen LogP contribution in [0.15, 0.2) is 34.9 Å². The van der Waals surface area contributed by atoms with Crippen LogP contribution in [0.1, 0.15) is 19.8 Å². The van der Waals surface area contributed by atoms with Crippen molar-refractivity contribution in [3.8, 4) is 0 Å². The predicted molar refractivity (Wildman–Crippen MR) is 79.8 cm³/mol. The molecule has 0 bridgehead atoms. The Bertz CT molecular complexity index is 542. The number of fused-ring (bicyclic) bond motifs is 1. The molecule has 0 aliphatic heterocycles. The second-order valence-electron chi connectivity index (χ2n) is 5.29. The van der Waals surface area contributed by atoms with Gasteiger partial charge in [0.05, 0.1) is 0 Å². The first-order valence-electron chi connectivity index (χ1n) is 6.72. The zero-order valence-corrected chi connectivity index (χ0v) is 12.3. The summed E-state index contributed by atoms with van der Waals surface area (Å²) < 4.78 is 3.47. The van der Waals surface area contributed by atoms with Gasteiger partial charge >= 0.3 is 0 Å². The summed E-state index contributed by atoms with van der Waals surface area (Å²) in [6, 6.07) is 9.32. The lowest BCUT2D eigenvalue weighted by molar-refractivity contribution is 0.478. The molecule has 1 aromatic carbocycles. The molecule has 1 saturated carbocycles. The molecule has 18 heavy (non-hydrogen) atoms. The minimum atomic E-state index is 0.679. The van der Waals surface area contributed by atoms with Crippen molar-refractivity contribution in [2.24, 2.45) is 5.92 Å². The Kier molecular flexibility index (Phi) is 3.44. The molecule has 1 fully saturated rings. The SMILES string of the molecule is CC(NCCn1ccc2ccc(Br)cc21)C1CC1. The van der Waals surface area contributed by atoms with Crippen molar-refractivity contribution in [3.63, 3.8) is 0 Å². The molecule has 2 aromatic rings. The molecule has 0 saturated heterocycles. The second kappa shape index (κ2) is 5.06. The van der Waals surface area contributed by atoms with Crippen LogP contribution in [0, 0.1) is 5.92 Å². The molecule has 2 nitrogen and oxygen atoms in total. The quantitative estimate of drug-likeness (QED) is 0.889. The molecule has 1 aliphatic carbocycles. The van der Waals surface area contributed by atoms with Crippen LogP contribution in [0.25, 0.3) is 10.9 Å². The first-order valence-corrected chi connectivity index (χ1v) is 7.51. The van der Waals surface area contributed by atoms with E-state index < -0.39 is 0 Å². The largest absolute Gasteiger partial charge is 0.346 e. The highest BCUT2D eigenvalue weighted by Crippen LogP contribution is 2.32. The van der Waals surface area contributed by atoms with Crippen LogP contribution in [-0.2, 0) is 6.54 Å². The number of nitrogens with zero attached hydrogens (tertiary/aromatic N) is 1. The highest BCUT2D eigenvalue weighted by Gasteiger charge is 2.27. The molecule has 0 radical (unpaired) electrons. The van der Waals surface area contributed by atoms with E-state index in [9.17, 15) is 0 Å². The Morgan fingerprint density at radius 2 is 2.22 bits per heavy atom. The van der Waals surface area contributed by atoms with Gasteiger partial charge in [0.2, 0.25) is 0 Å². The lowest BCUT2D eigenvalue weighted by Crippen LogP contribution is -2.30. The minimum Gasteiger partial charge on any atom is -0.346 e. The topological polar surface area (TPSA) is 17.0 Å². The van der Waals surface area contributed by atoms with E-state index in [-0.39, 0.29) is 0 Å². The molecular formula is C15H19BrN2. The Labute approximate surface area is 116 Å². The van der Waals surface area contributed by atoms with E-state index in [2.05, 4.69) is 63.2 Å². The smallest absolute Gasteiger partial charge is 0.0492 e. The summed E-state index contributed by atoms with van der Waals surface area (Å²) >= 11 is 3.54. The number of hydrogen-bond donors (Lipinski definition) is 1. The lowest BCUT2D eigenvalue weighted by atomic mass is 10.2. The molecule has 1 unspecified atom stereocenters. The molecule has 1 heterocycles. The average molecular weight is 307 g/mol. The van der Waals surface area contributed by atoms with Crippen LogP contribution < -0.4 is 5.32 Å². The average Bonchev–Trinajstić information content (AvgIpc) is 3.13. The summed E-state index contributed by atoms with van der Waals surface area (Å²) in [4.78, 5) is 0. The fourth-order valence-electron chi connectivity index (χ4n) is 2.53. The zero-order chi connectivity index (χ0) is 12.5. The third kappa shape index (κ3) is 2.62. The fourth-order valence-corrected chi connectivity index (χ4v) is 2.88. The van der Waals surface area contributed by atoms with Crippen molar-refractivity contribution < 1.29 is 0 Å². The third-order valence-corrected chi connectivity index (χ3v) is 4.38. The standard InChI is InChI=1S/C15H19BrN2/c1-11(12-2-3-12)17-7-9-18-8-6-13-4-5-14(16)10-15(13)18/h4-6,8,10-12,17H,2-3,7,9H2,1H3. The number of nitrogens with one attached hydrogen (secondary N) is 1. The van der Waals surface area contributed by atoms with Gasteiger partial charge in [0.1, 0.15) is 0 Å². The summed E-state index contributed by atoms with van der Waals surface area (Å²) in [6.45, 7) is 4.40. The van der Waals surface area contributed by atoms with Gasteiger partial charge in [-0.25, -0.2) is 0 Å². The van der Waals surface area contributed by atoms with Crippen LogP contribution in [0.3, 0.4) is 0 Å². The maximum absolute atomic E-state index is 3.63. The maximum Gasteiger partial charge on any atom is 0.0492 e. The molecule has 1 atom stereocenters. The van der Waals surface area contributed by atoms with Crippen LogP contribution in [-0.4, -0.2) is 17.2 Å². The zero-order valence-electron chi connectivity index (χ0n) is 10.7. The summed E-state index contributed by atoms with van der Waals surface area (Å²) in [5, 5.41) is 4.94. The number of hydrogen-bond acceptors (Lipinski definition) is 1. The van der Waals surface area contributed by atoms with E-state index in [1.165, 1.54) is 23.7 Å². The van der Waals surface area contributed by atoms with Crippen molar-refractivity contribution in [1.82, 2.24) is 9.88 Å². The van der Waals surface area contributed by atoms with Crippen molar-refractivity contribution in [1.29, 1.82) is 0 Å². The van der Waals surface area contributed by atoms with E-state index in [1.54, 1.807) is 0 Å². The predicted octanol–water partition coefficient (Wildman–Crippen LogP) is 3.79. The van der Waals surface area contributed by atoms with Gasteiger partial charge in [-0.05, 0) is 49.3 Å². The molecule has 0 spiro atoms. The van der Waals surface area contributed by atoms with Gasteiger partial charge in [-0.2, -0.15) is 0 Å². The number of benzene rings is 1. The van der Waals surface area contributed by atoms with Crippen LogP contribution in [0.5, 0.6) is 0 Å². The van der Waals surface area contributed by atoms with E-state index in [0.717, 1.165) is 23.5 Å². The number of aromatic nitrogens is 1. The Balaban J connectivity index is 1.64. The normalized spacial score (nSPS) is 17.2. The minimum absolute atomic E-state index is 0.679. The lowest BCUT2D eigenvalue weighted by Gasteiger charge is -2.13. The summed E-state index contributed by atoms with van der Waals surface area (Å²) in [7, 11) is 0. The molecule has 1 aromatic heterocycles. The number of rotatable bonds is 5. The number of halogens is 1. The van der Waals surface area contributed by atoms with Crippen LogP contribution in [0.4, 0.5) is 0 Å². The molecule has 1 N–H and O–H groups in total. The van der Waals surface area contributed by atoms with Crippen molar-refractivity contribution in [2.45, 2.75) is 32.4 Å². The molecule has 1 aliphatic rings. The Hall–Kier alpha value is -0.800. The van der Waals surface area contributed by atoms with Crippen molar-refractivity contribution in [2.75, 3.05) is 6.54 Å². The molecule has 3 rings (SSSR count). The molecule has 96 valence electrons. The highest BCUT2D eigenvalue weighted by atomic mass is 79.9. The van der Waals surface area contributed by atoms with Gasteiger partial charge in [-0.3, -0.25) is 0 Å². The molecule has 0 amide bonds. The van der Waals surface area contributed by atoms with Gasteiger partial charge in [0, 0.05) is 35.3 Å². The van der Waals surface area contributed by atoms with Gasteiger partial charge in [-0.15, -0.1) is 0 Å².